The second-order valence-corrected chi connectivity index (χ2v) is 33.2. The summed E-state index contributed by atoms with van der Waals surface area (Å²) >= 11 is 1.76. The Bertz CT molecular complexity index is 8550. The molecule has 0 spiro atoms. The summed E-state index contributed by atoms with van der Waals surface area (Å²) in [6, 6.07) is 153. The lowest BCUT2D eigenvalue weighted by Crippen LogP contribution is -1.95. The highest BCUT2D eigenvalue weighted by molar-refractivity contribution is 7.26. The van der Waals surface area contributed by atoms with Crippen molar-refractivity contribution in [2.24, 2.45) is 0 Å². The van der Waals surface area contributed by atoms with Crippen molar-refractivity contribution in [3.05, 3.63) is 455 Å². The molecule has 0 fully saturated rings. The molecule has 9 nitrogen and oxygen atoms in total. The largest absolute Gasteiger partial charge is 0.256 e. The highest BCUT2D eigenvalue weighted by Gasteiger charge is 2.22. The van der Waals surface area contributed by atoms with E-state index in [1.165, 1.54) is 70.9 Å². The second kappa shape index (κ2) is 33.5. The molecule has 25 rings (SSSR count). The van der Waals surface area contributed by atoms with Crippen molar-refractivity contribution in [2.75, 3.05) is 0 Å². The van der Waals surface area contributed by atoms with E-state index in [1.807, 2.05) is 91.4 Å². The minimum atomic E-state index is 0.718. The van der Waals surface area contributed by atoms with Gasteiger partial charge in [-0.2, -0.15) is 0 Å². The fourth-order valence-electron chi connectivity index (χ4n) is 18.0. The number of hydrogen-bond acceptors (Lipinski definition) is 10. The van der Waals surface area contributed by atoms with Crippen LogP contribution < -0.4 is 0 Å². The van der Waals surface area contributed by atoms with Crippen molar-refractivity contribution in [1.29, 1.82) is 0 Å². The number of para-hydroxylation sites is 3. The Morgan fingerprint density at radius 3 is 0.853 bits per heavy atom. The summed E-state index contributed by atoms with van der Waals surface area (Å²) in [7, 11) is 0. The molecule has 0 unspecified atom stereocenters. The molecule has 602 valence electrons. The van der Waals surface area contributed by atoms with Crippen LogP contribution in [0, 0.1) is 0 Å². The summed E-state index contributed by atoms with van der Waals surface area (Å²) in [5.41, 5.74) is 30.8. The first-order chi connectivity index (χ1) is 63.9. The zero-order chi connectivity index (χ0) is 85.5. The highest BCUT2D eigenvalue weighted by atomic mass is 32.1. The van der Waals surface area contributed by atoms with Crippen LogP contribution in [0.1, 0.15) is 0 Å². The van der Waals surface area contributed by atoms with E-state index in [0.29, 0.717) is 0 Å². The van der Waals surface area contributed by atoms with Gasteiger partial charge in [0.15, 0.2) is 11.6 Å². The van der Waals surface area contributed by atoms with Gasteiger partial charge in [-0.3, -0.25) is 15.0 Å². The van der Waals surface area contributed by atoms with Crippen molar-refractivity contribution in [3.63, 3.8) is 0 Å². The number of benzene rings is 18. The maximum Gasteiger partial charge on any atom is 0.160 e. The van der Waals surface area contributed by atoms with Gasteiger partial charge in [0.2, 0.25) is 0 Å². The average Bonchev–Trinajstić information content (AvgIpc) is 1.67. The van der Waals surface area contributed by atoms with E-state index < -0.39 is 0 Å². The molecule has 0 aliphatic rings. The number of rotatable bonds is 12. The van der Waals surface area contributed by atoms with Crippen LogP contribution in [-0.2, 0) is 0 Å². The Morgan fingerprint density at radius 1 is 0.163 bits per heavy atom. The molecule has 0 radical (unpaired) electrons. The molecule has 129 heavy (non-hydrogen) atoms. The van der Waals surface area contributed by atoms with Crippen LogP contribution in [0.15, 0.2) is 455 Å². The summed E-state index contributed by atoms with van der Waals surface area (Å²) in [6.07, 6.45) is 5.59. The van der Waals surface area contributed by atoms with Crippen molar-refractivity contribution in [3.8, 4) is 135 Å². The first-order valence-electron chi connectivity index (χ1n) is 43.3. The van der Waals surface area contributed by atoms with E-state index in [2.05, 4.69) is 379 Å². The van der Waals surface area contributed by atoms with Gasteiger partial charge in [0.05, 0.1) is 66.1 Å². The van der Waals surface area contributed by atoms with Gasteiger partial charge in [0, 0.05) is 99.8 Å². The number of fused-ring (bicyclic) bond motifs is 14. The predicted octanol–water partition coefficient (Wildman–Crippen LogP) is 31.2. The molecule has 0 N–H and O–H groups in total. The fraction of sp³-hybridized carbons (Fsp3) is 0. The predicted molar refractivity (Wildman–Crippen MR) is 538 cm³/mol. The third-order valence-corrected chi connectivity index (χ3v) is 25.6. The zero-order valence-corrected chi connectivity index (χ0v) is 70.6. The van der Waals surface area contributed by atoms with Crippen molar-refractivity contribution in [2.45, 2.75) is 0 Å². The Balaban J connectivity index is 0.000000111. The van der Waals surface area contributed by atoms with Gasteiger partial charge < -0.3 is 0 Å². The Kier molecular flexibility index (Phi) is 20.0. The number of hydrogen-bond donors (Lipinski definition) is 0. The molecule has 7 heterocycles. The van der Waals surface area contributed by atoms with Gasteiger partial charge in [0.25, 0.3) is 0 Å². The number of nitrogens with zero attached hydrogens (tertiary/aromatic N) is 9. The third kappa shape index (κ3) is 14.8. The molecule has 0 aliphatic heterocycles. The normalized spacial score (nSPS) is 11.4. The first kappa shape index (κ1) is 76.8. The summed E-state index contributed by atoms with van der Waals surface area (Å²) < 4.78 is 2.33. The number of pyridine rings is 3. The van der Waals surface area contributed by atoms with Gasteiger partial charge >= 0.3 is 0 Å². The molecule has 18 aromatic carbocycles. The Hall–Kier alpha value is -17.1. The Morgan fingerprint density at radius 2 is 0.450 bits per heavy atom. The molecule has 0 aliphatic carbocycles. The highest BCUT2D eigenvalue weighted by Crippen LogP contribution is 2.44. The molecule has 10 heteroatoms. The zero-order valence-electron chi connectivity index (χ0n) is 69.7. The van der Waals surface area contributed by atoms with Gasteiger partial charge in [-0.25, -0.2) is 29.9 Å². The monoisotopic (exact) mass is 1660 g/mol. The van der Waals surface area contributed by atoms with Crippen LogP contribution in [0.25, 0.3) is 242 Å². The van der Waals surface area contributed by atoms with E-state index in [0.717, 1.165) is 171 Å². The lowest BCUT2D eigenvalue weighted by molar-refractivity contribution is 1.23. The molecule has 0 saturated carbocycles. The number of aromatic nitrogens is 9. The van der Waals surface area contributed by atoms with Gasteiger partial charge in [-0.05, 0) is 144 Å². The molecule has 0 amide bonds. The second-order valence-electron chi connectivity index (χ2n) is 32.2. The molecule has 0 bridgehead atoms. The average molecular weight is 1660 g/mol. The van der Waals surface area contributed by atoms with Crippen LogP contribution >= 0.6 is 11.3 Å². The standard InChI is InChI=1S/C41H25N3S.2C39H25N3/c1-2-9-26(10-3-1)27-16-20-29(21-17-27)38-40-39(34-14-6-7-15-36(34)45-40)44-41(43-38)30-22-18-28(19-23-30)35-25-31-11-8-24-42-37(31)33-13-5-4-12-32(33)35;1-2-9-26(10-3-1)27-16-20-29(21-17-27)38-39(42-36-15-7-6-14-35(36)41-38)30-22-18-28(19-23-30)34-25-31-11-8-24-40-37(31)33-13-5-4-12-32(33)34;1-2-9-26(10-3-1)27-16-20-29(21-17-27)38-34-14-6-7-15-36(34)41-39(42-38)30-22-18-28(19-23-30)35-25-31-11-8-24-40-37(31)33-13-5-4-12-32(33)35/h1-25H;2*1-25H. The van der Waals surface area contributed by atoms with E-state index in [-0.39, 0.29) is 0 Å². The van der Waals surface area contributed by atoms with E-state index in [1.54, 1.807) is 11.3 Å². The SMILES string of the molecule is c1ccc(-c2ccc(-c3nc(-c4ccc(-c5cc6cccnc6c6ccccc56)cc4)nc4c3sc3ccccc34)cc2)cc1.c1ccc(-c2ccc(-c3nc(-c4ccc(-c5cc6cccnc6c6ccccc56)cc4)nc4ccccc34)cc2)cc1.c1ccc(-c2ccc(-c3nc4ccccc4nc3-c3ccc(-c4cc5cccnc5c5ccccc45)cc3)cc2)cc1. The van der Waals surface area contributed by atoms with Gasteiger partial charge in [0.1, 0.15) is 0 Å². The summed E-state index contributed by atoms with van der Waals surface area (Å²) in [4.78, 5) is 44.7. The van der Waals surface area contributed by atoms with Crippen molar-refractivity contribution < 1.29 is 0 Å². The van der Waals surface area contributed by atoms with Crippen molar-refractivity contribution >= 4 is 119 Å². The Labute approximate surface area is 748 Å². The molecule has 25 aromatic rings. The summed E-state index contributed by atoms with van der Waals surface area (Å²) in [5.74, 6) is 1.45. The number of thiophene rings is 1. The lowest BCUT2D eigenvalue weighted by Gasteiger charge is -2.13. The minimum absolute atomic E-state index is 0.718. The first-order valence-corrected chi connectivity index (χ1v) is 44.1. The van der Waals surface area contributed by atoms with Crippen LogP contribution in [0.2, 0.25) is 0 Å². The molecule has 0 saturated heterocycles. The van der Waals surface area contributed by atoms with Crippen LogP contribution in [0.5, 0.6) is 0 Å². The molecular formula is C119H75N9S. The fourth-order valence-corrected chi connectivity index (χ4v) is 19.1. The van der Waals surface area contributed by atoms with Crippen LogP contribution in [0.4, 0.5) is 0 Å². The van der Waals surface area contributed by atoms with Gasteiger partial charge in [-0.15, -0.1) is 11.3 Å². The minimum Gasteiger partial charge on any atom is -0.256 e. The van der Waals surface area contributed by atoms with E-state index in [4.69, 9.17) is 29.9 Å². The third-order valence-electron chi connectivity index (χ3n) is 24.4. The van der Waals surface area contributed by atoms with E-state index in [9.17, 15) is 0 Å². The molecular weight excluding hydrogens is 1590 g/mol. The molecule has 7 aromatic heterocycles. The summed E-state index contributed by atoms with van der Waals surface area (Å²) in [6.45, 7) is 0. The topological polar surface area (TPSA) is 116 Å². The van der Waals surface area contributed by atoms with Crippen molar-refractivity contribution in [1.82, 2.24) is 44.9 Å². The molecule has 0 atom stereocenters. The van der Waals surface area contributed by atoms with E-state index >= 15 is 0 Å². The van der Waals surface area contributed by atoms with Crippen LogP contribution in [-0.4, -0.2) is 44.9 Å². The quantitative estimate of drug-likeness (QED) is 0.110. The maximum atomic E-state index is 5.22. The van der Waals surface area contributed by atoms with Gasteiger partial charge in [-0.1, -0.05) is 376 Å². The van der Waals surface area contributed by atoms with Crippen LogP contribution in [0.3, 0.4) is 0 Å². The summed E-state index contributed by atoms with van der Waals surface area (Å²) in [5, 5.41) is 12.7. The lowest BCUT2D eigenvalue weighted by atomic mass is 9.94. The smallest absolute Gasteiger partial charge is 0.160 e. The maximum absolute atomic E-state index is 5.22.